The molecule has 0 aliphatic heterocycles. The first-order valence-electron chi connectivity index (χ1n) is 15.2. The van der Waals surface area contributed by atoms with Gasteiger partial charge >= 0.3 is 0 Å². The number of aromatic nitrogens is 6. The van der Waals surface area contributed by atoms with Gasteiger partial charge in [0.05, 0.1) is 38.6 Å². The standard InChI is InChI=1S/C18H16BrClFN3.C18H17ClFN3/c1-3-11(2)17-16(19)18(12-4-6-13(21)7-5-12)24(23-17)14-8-9-22-15(20)10-14;1-3-12(2)16-11-17(13-4-6-14(20)7-5-13)23(22-16)15-8-9-21-18(19)10-15/h4-11H,3H2,1-2H3;4-12H,3H2,1-2H3. The number of halogens is 5. The third-order valence-electron chi connectivity index (χ3n) is 7.94. The predicted molar refractivity (Wildman–Crippen MR) is 189 cm³/mol. The molecule has 0 N–H and O–H groups in total. The number of hydrogen-bond donors (Lipinski definition) is 0. The largest absolute Gasteiger partial charge is 0.244 e. The highest BCUT2D eigenvalue weighted by molar-refractivity contribution is 9.10. The summed E-state index contributed by atoms with van der Waals surface area (Å²) < 4.78 is 31.1. The van der Waals surface area contributed by atoms with E-state index in [1.54, 1.807) is 48.8 Å². The molecule has 47 heavy (non-hydrogen) atoms. The summed E-state index contributed by atoms with van der Waals surface area (Å²) in [7, 11) is 0. The molecule has 0 aliphatic carbocycles. The molecule has 0 fully saturated rings. The highest BCUT2D eigenvalue weighted by Gasteiger charge is 2.22. The maximum absolute atomic E-state index is 13.3. The molecule has 2 atom stereocenters. The Hall–Kier alpha value is -3.92. The second kappa shape index (κ2) is 15.3. The van der Waals surface area contributed by atoms with Crippen molar-refractivity contribution in [1.29, 1.82) is 0 Å². The highest BCUT2D eigenvalue weighted by Crippen LogP contribution is 2.37. The molecule has 0 saturated heterocycles. The second-order valence-corrected chi connectivity index (χ2v) is 12.7. The van der Waals surface area contributed by atoms with Crippen molar-refractivity contribution in [3.8, 4) is 33.9 Å². The number of nitrogens with zero attached hydrogens (tertiary/aromatic N) is 6. The van der Waals surface area contributed by atoms with Gasteiger partial charge in [0, 0.05) is 41.6 Å². The van der Waals surface area contributed by atoms with Crippen LogP contribution in [0.25, 0.3) is 33.9 Å². The average Bonchev–Trinajstić information content (AvgIpc) is 3.67. The van der Waals surface area contributed by atoms with Gasteiger partial charge in [-0.2, -0.15) is 10.2 Å². The SMILES string of the molecule is CCC(C)c1cc(-c2ccc(F)cc2)n(-c2ccnc(Cl)c2)n1.CCC(C)c1nn(-c2ccnc(Cl)c2)c(-c2ccc(F)cc2)c1Br. The third-order valence-corrected chi connectivity index (χ3v) is 9.14. The van der Waals surface area contributed by atoms with Crippen molar-refractivity contribution in [2.75, 3.05) is 0 Å². The van der Waals surface area contributed by atoms with E-state index in [-0.39, 0.29) is 17.6 Å². The van der Waals surface area contributed by atoms with Gasteiger partial charge in [-0.1, -0.05) is 50.9 Å². The van der Waals surface area contributed by atoms with E-state index >= 15 is 0 Å². The fraction of sp³-hybridized carbons (Fsp3) is 0.222. The molecule has 0 amide bonds. The van der Waals surface area contributed by atoms with Crippen LogP contribution in [-0.4, -0.2) is 29.5 Å². The summed E-state index contributed by atoms with van der Waals surface area (Å²) in [5.41, 5.74) is 7.16. The van der Waals surface area contributed by atoms with E-state index in [0.717, 1.165) is 62.6 Å². The summed E-state index contributed by atoms with van der Waals surface area (Å²) in [4.78, 5) is 8.04. The van der Waals surface area contributed by atoms with E-state index in [2.05, 4.69) is 59.7 Å². The third kappa shape index (κ3) is 7.97. The fourth-order valence-corrected chi connectivity index (χ4v) is 6.09. The minimum absolute atomic E-state index is 0.256. The van der Waals surface area contributed by atoms with E-state index in [1.165, 1.54) is 24.3 Å². The van der Waals surface area contributed by atoms with Crippen molar-refractivity contribution in [3.05, 3.63) is 129 Å². The first-order chi connectivity index (χ1) is 22.6. The van der Waals surface area contributed by atoms with Crippen molar-refractivity contribution >= 4 is 39.1 Å². The minimum atomic E-state index is -0.268. The van der Waals surface area contributed by atoms with Crippen LogP contribution >= 0.6 is 39.1 Å². The molecule has 242 valence electrons. The Morgan fingerprint density at radius 3 is 1.70 bits per heavy atom. The van der Waals surface area contributed by atoms with Crippen molar-refractivity contribution in [2.24, 2.45) is 0 Å². The summed E-state index contributed by atoms with van der Waals surface area (Å²) >= 11 is 15.7. The topological polar surface area (TPSA) is 61.4 Å². The van der Waals surface area contributed by atoms with Gasteiger partial charge < -0.3 is 0 Å². The van der Waals surface area contributed by atoms with Gasteiger partial charge in [-0.3, -0.25) is 0 Å². The Morgan fingerprint density at radius 2 is 1.19 bits per heavy atom. The van der Waals surface area contributed by atoms with Gasteiger partial charge in [-0.15, -0.1) is 0 Å². The van der Waals surface area contributed by atoms with E-state index < -0.39 is 0 Å². The normalized spacial score (nSPS) is 12.4. The molecule has 11 heteroatoms. The molecule has 0 radical (unpaired) electrons. The molecule has 6 aromatic rings. The van der Waals surface area contributed by atoms with Crippen molar-refractivity contribution in [3.63, 3.8) is 0 Å². The molecular weight excluding hydrogens is 705 g/mol. The van der Waals surface area contributed by atoms with E-state index in [1.807, 2.05) is 21.5 Å². The Bertz CT molecular complexity index is 1960. The highest BCUT2D eigenvalue weighted by atomic mass is 79.9. The zero-order valence-electron chi connectivity index (χ0n) is 26.3. The molecule has 6 nitrogen and oxygen atoms in total. The van der Waals surface area contributed by atoms with Crippen molar-refractivity contribution in [2.45, 2.75) is 52.4 Å². The van der Waals surface area contributed by atoms with E-state index in [9.17, 15) is 8.78 Å². The fourth-order valence-electron chi connectivity index (χ4n) is 4.89. The molecule has 4 heterocycles. The molecule has 0 saturated carbocycles. The van der Waals surface area contributed by atoms with Crippen molar-refractivity contribution in [1.82, 2.24) is 29.5 Å². The number of hydrogen-bond acceptors (Lipinski definition) is 4. The quantitative estimate of drug-likeness (QED) is 0.146. The monoisotopic (exact) mass is 736 g/mol. The van der Waals surface area contributed by atoms with Crippen LogP contribution in [0.15, 0.2) is 95.7 Å². The van der Waals surface area contributed by atoms with Crippen LogP contribution in [-0.2, 0) is 0 Å². The van der Waals surface area contributed by atoms with Crippen LogP contribution < -0.4 is 0 Å². The van der Waals surface area contributed by atoms with Crippen LogP contribution in [0.3, 0.4) is 0 Å². The summed E-state index contributed by atoms with van der Waals surface area (Å²) in [6.45, 7) is 8.52. The minimum Gasteiger partial charge on any atom is -0.244 e. The Kier molecular flexibility index (Phi) is 11.2. The smallest absolute Gasteiger partial charge is 0.131 e. The summed E-state index contributed by atoms with van der Waals surface area (Å²) in [6.07, 6.45) is 5.26. The number of rotatable bonds is 8. The first-order valence-corrected chi connectivity index (χ1v) is 16.8. The van der Waals surface area contributed by atoms with E-state index in [0.29, 0.717) is 16.2 Å². The van der Waals surface area contributed by atoms with Gasteiger partial charge in [0.25, 0.3) is 0 Å². The maximum Gasteiger partial charge on any atom is 0.131 e. The molecule has 0 spiro atoms. The average molecular weight is 739 g/mol. The zero-order chi connectivity index (χ0) is 33.7. The zero-order valence-corrected chi connectivity index (χ0v) is 29.4. The van der Waals surface area contributed by atoms with Gasteiger partial charge in [-0.25, -0.2) is 28.1 Å². The predicted octanol–water partition coefficient (Wildman–Crippen LogP) is 11.2. The van der Waals surface area contributed by atoms with Crippen LogP contribution in [0.5, 0.6) is 0 Å². The Labute approximate surface area is 291 Å². The van der Waals surface area contributed by atoms with Crippen LogP contribution in [0.4, 0.5) is 8.78 Å². The van der Waals surface area contributed by atoms with Crippen LogP contribution in [0.2, 0.25) is 10.3 Å². The molecule has 4 aromatic heterocycles. The summed E-state index contributed by atoms with van der Waals surface area (Å²) in [5.74, 6) is 0.105. The summed E-state index contributed by atoms with van der Waals surface area (Å²) in [6, 6.07) is 22.1. The Balaban J connectivity index is 0.000000185. The molecular formula is C36H33BrCl2F2N6. The lowest BCUT2D eigenvalue weighted by atomic mass is 10.0. The lowest BCUT2D eigenvalue weighted by Gasteiger charge is -2.08. The van der Waals surface area contributed by atoms with Gasteiger partial charge in [0.15, 0.2) is 0 Å². The molecule has 2 aromatic carbocycles. The maximum atomic E-state index is 13.3. The molecule has 0 bridgehead atoms. The lowest BCUT2D eigenvalue weighted by Crippen LogP contribution is -2.01. The van der Waals surface area contributed by atoms with Crippen LogP contribution in [0, 0.1) is 11.6 Å². The number of benzene rings is 2. The van der Waals surface area contributed by atoms with Crippen molar-refractivity contribution < 1.29 is 8.78 Å². The summed E-state index contributed by atoms with van der Waals surface area (Å²) in [5, 5.41) is 10.3. The molecule has 0 aliphatic rings. The molecule has 2 unspecified atom stereocenters. The van der Waals surface area contributed by atoms with Gasteiger partial charge in [-0.05, 0) is 101 Å². The number of pyridine rings is 2. The van der Waals surface area contributed by atoms with Gasteiger partial charge in [0.1, 0.15) is 21.9 Å². The molecule has 6 rings (SSSR count). The first kappa shape index (κ1) is 34.4. The second-order valence-electron chi connectivity index (χ2n) is 11.1. The lowest BCUT2D eigenvalue weighted by molar-refractivity contribution is 0.627. The van der Waals surface area contributed by atoms with E-state index in [4.69, 9.17) is 33.4 Å². The Morgan fingerprint density at radius 1 is 0.681 bits per heavy atom. The van der Waals surface area contributed by atoms with Crippen LogP contribution in [0.1, 0.15) is 63.8 Å². The van der Waals surface area contributed by atoms with Gasteiger partial charge in [0.2, 0.25) is 0 Å².